The number of rotatable bonds is 7. The maximum atomic E-state index is 10.6. The smallest absolute Gasteiger partial charge is 0.303 e. The maximum Gasteiger partial charge on any atom is 0.303 e. The number of benzene rings is 1. The van der Waals surface area contributed by atoms with Crippen LogP contribution in [-0.2, 0) is 11.2 Å². The molecule has 0 radical (unpaired) electrons. The van der Waals surface area contributed by atoms with Crippen LogP contribution in [0.1, 0.15) is 55.7 Å². The van der Waals surface area contributed by atoms with Gasteiger partial charge in [-0.1, -0.05) is 24.3 Å². The van der Waals surface area contributed by atoms with Crippen molar-refractivity contribution in [3.8, 4) is 0 Å². The summed E-state index contributed by atoms with van der Waals surface area (Å²) in [6.07, 6.45) is 7.16. The lowest BCUT2D eigenvalue weighted by atomic mass is 10.1. The van der Waals surface area contributed by atoms with Gasteiger partial charge in [-0.25, -0.2) is 0 Å². The highest BCUT2D eigenvalue weighted by Crippen LogP contribution is 2.41. The van der Waals surface area contributed by atoms with E-state index in [1.807, 2.05) is 0 Å². The summed E-state index contributed by atoms with van der Waals surface area (Å²) in [5.41, 5.74) is 3.02. The number of unbranched alkanes of at least 4 members (excludes halogenated alkanes) is 1. The van der Waals surface area contributed by atoms with Gasteiger partial charge in [0.25, 0.3) is 0 Å². The number of fused-ring (bicyclic) bond motifs is 1. The summed E-state index contributed by atoms with van der Waals surface area (Å²) in [6.45, 7) is 1.05. The van der Waals surface area contributed by atoms with E-state index >= 15 is 0 Å². The molecule has 2 aliphatic carbocycles. The normalized spacial score (nSPS) is 21.1. The van der Waals surface area contributed by atoms with Gasteiger partial charge in [0.1, 0.15) is 0 Å². The van der Waals surface area contributed by atoms with E-state index in [0.29, 0.717) is 12.5 Å². The summed E-state index contributed by atoms with van der Waals surface area (Å²) in [5.74, 6) is -0.672. The number of hydrogen-bond donors (Lipinski definition) is 1. The molecular formula is C17H23NO2. The molecule has 3 heteroatoms. The monoisotopic (exact) mass is 273 g/mol. The van der Waals surface area contributed by atoms with Crippen molar-refractivity contribution in [3.05, 3.63) is 35.4 Å². The number of hydrogen-bond acceptors (Lipinski definition) is 2. The summed E-state index contributed by atoms with van der Waals surface area (Å²) in [6, 6.07) is 10.1. The Labute approximate surface area is 120 Å². The van der Waals surface area contributed by atoms with Crippen LogP contribution < -0.4 is 0 Å². The minimum atomic E-state index is -0.672. The van der Waals surface area contributed by atoms with Crippen molar-refractivity contribution in [2.45, 2.75) is 57.0 Å². The SMILES string of the molecule is O=C(O)CCCCN(C1CC1)C1CCc2ccccc21. The zero-order valence-corrected chi connectivity index (χ0v) is 11.9. The Morgan fingerprint density at radius 3 is 2.75 bits per heavy atom. The number of carboxylic acid groups (broad SMARTS) is 1. The first-order valence-corrected chi connectivity index (χ1v) is 7.81. The molecule has 3 nitrogen and oxygen atoms in total. The first-order valence-electron chi connectivity index (χ1n) is 7.81. The highest BCUT2D eigenvalue weighted by atomic mass is 16.4. The van der Waals surface area contributed by atoms with Crippen molar-refractivity contribution >= 4 is 5.97 Å². The number of aliphatic carboxylic acids is 1. The lowest BCUT2D eigenvalue weighted by Crippen LogP contribution is -2.30. The van der Waals surface area contributed by atoms with E-state index in [0.717, 1.165) is 25.4 Å². The molecule has 0 heterocycles. The molecule has 1 saturated carbocycles. The van der Waals surface area contributed by atoms with Crippen molar-refractivity contribution in [2.75, 3.05) is 6.54 Å². The van der Waals surface area contributed by atoms with Crippen LogP contribution in [0.2, 0.25) is 0 Å². The Bertz CT molecular complexity index is 482. The first-order chi connectivity index (χ1) is 9.75. The largest absolute Gasteiger partial charge is 0.481 e. The van der Waals surface area contributed by atoms with Gasteiger partial charge >= 0.3 is 5.97 Å². The second kappa shape index (κ2) is 5.96. The van der Waals surface area contributed by atoms with E-state index in [-0.39, 0.29) is 0 Å². The molecule has 0 amide bonds. The van der Waals surface area contributed by atoms with Crippen LogP contribution in [0.5, 0.6) is 0 Å². The third-order valence-corrected chi connectivity index (χ3v) is 4.57. The van der Waals surface area contributed by atoms with E-state index in [1.54, 1.807) is 0 Å². The van der Waals surface area contributed by atoms with Crippen LogP contribution in [0.3, 0.4) is 0 Å². The van der Waals surface area contributed by atoms with Crippen LogP contribution in [0.25, 0.3) is 0 Å². The summed E-state index contributed by atoms with van der Waals surface area (Å²) in [5, 5.41) is 8.73. The highest BCUT2D eigenvalue weighted by Gasteiger charge is 2.36. The molecule has 108 valence electrons. The van der Waals surface area contributed by atoms with E-state index in [1.165, 1.54) is 36.8 Å². The highest BCUT2D eigenvalue weighted by molar-refractivity contribution is 5.66. The molecule has 0 aliphatic heterocycles. The molecule has 0 spiro atoms. The number of carbonyl (C=O) groups is 1. The Balaban J connectivity index is 1.62. The quantitative estimate of drug-likeness (QED) is 0.774. The fraction of sp³-hybridized carbons (Fsp3) is 0.588. The Hall–Kier alpha value is -1.35. The second-order valence-electron chi connectivity index (χ2n) is 6.07. The van der Waals surface area contributed by atoms with Gasteiger partial charge in [0.05, 0.1) is 0 Å². The average Bonchev–Trinajstić information content (AvgIpc) is 3.19. The van der Waals surface area contributed by atoms with Crippen molar-refractivity contribution in [1.82, 2.24) is 4.90 Å². The van der Waals surface area contributed by atoms with E-state index in [2.05, 4.69) is 29.2 Å². The molecular weight excluding hydrogens is 250 g/mol. The number of carboxylic acids is 1. The van der Waals surface area contributed by atoms with Gasteiger partial charge < -0.3 is 5.11 Å². The van der Waals surface area contributed by atoms with E-state index in [4.69, 9.17) is 5.11 Å². The Morgan fingerprint density at radius 2 is 2.00 bits per heavy atom. The van der Waals surface area contributed by atoms with Gasteiger partial charge in [-0.3, -0.25) is 9.69 Å². The van der Waals surface area contributed by atoms with Gasteiger partial charge in [-0.2, -0.15) is 0 Å². The van der Waals surface area contributed by atoms with Crippen LogP contribution >= 0.6 is 0 Å². The summed E-state index contributed by atoms with van der Waals surface area (Å²) in [7, 11) is 0. The lowest BCUT2D eigenvalue weighted by Gasteiger charge is -2.29. The fourth-order valence-corrected chi connectivity index (χ4v) is 3.45. The van der Waals surface area contributed by atoms with E-state index in [9.17, 15) is 4.79 Å². The standard InChI is InChI=1S/C17H23NO2/c19-17(20)7-3-4-12-18(14-9-10-14)16-11-8-13-5-1-2-6-15(13)16/h1-2,5-6,14,16H,3-4,7-12H2,(H,19,20). The minimum absolute atomic E-state index is 0.305. The molecule has 1 fully saturated rings. The van der Waals surface area contributed by atoms with Crippen molar-refractivity contribution in [2.24, 2.45) is 0 Å². The molecule has 0 aromatic heterocycles. The Kier molecular flexibility index (Phi) is 4.06. The lowest BCUT2D eigenvalue weighted by molar-refractivity contribution is -0.137. The third-order valence-electron chi connectivity index (χ3n) is 4.57. The molecule has 1 aromatic rings. The first kappa shape index (κ1) is 13.6. The predicted molar refractivity (Wildman–Crippen MR) is 78.7 cm³/mol. The van der Waals surface area contributed by atoms with Crippen LogP contribution in [0.4, 0.5) is 0 Å². The summed E-state index contributed by atoms with van der Waals surface area (Å²) in [4.78, 5) is 13.2. The topological polar surface area (TPSA) is 40.5 Å². The van der Waals surface area contributed by atoms with Crippen molar-refractivity contribution < 1.29 is 9.90 Å². The maximum absolute atomic E-state index is 10.6. The van der Waals surface area contributed by atoms with Gasteiger partial charge in [-0.05, 0) is 56.2 Å². The average molecular weight is 273 g/mol. The van der Waals surface area contributed by atoms with Crippen LogP contribution in [-0.4, -0.2) is 28.6 Å². The molecule has 20 heavy (non-hydrogen) atoms. The molecule has 1 unspecified atom stereocenters. The zero-order chi connectivity index (χ0) is 13.9. The zero-order valence-electron chi connectivity index (χ0n) is 11.9. The Morgan fingerprint density at radius 1 is 1.20 bits per heavy atom. The molecule has 0 bridgehead atoms. The molecule has 1 aromatic carbocycles. The molecule has 3 rings (SSSR count). The van der Waals surface area contributed by atoms with Crippen LogP contribution in [0.15, 0.2) is 24.3 Å². The molecule has 1 N–H and O–H groups in total. The van der Waals surface area contributed by atoms with Gasteiger partial charge in [0.15, 0.2) is 0 Å². The minimum Gasteiger partial charge on any atom is -0.481 e. The number of nitrogens with zero attached hydrogens (tertiary/aromatic N) is 1. The van der Waals surface area contributed by atoms with E-state index < -0.39 is 5.97 Å². The predicted octanol–water partition coefficient (Wildman–Crippen LogP) is 3.39. The van der Waals surface area contributed by atoms with Crippen molar-refractivity contribution in [3.63, 3.8) is 0 Å². The second-order valence-corrected chi connectivity index (χ2v) is 6.07. The third kappa shape index (κ3) is 3.04. The van der Waals surface area contributed by atoms with Gasteiger partial charge in [0, 0.05) is 18.5 Å². The fourth-order valence-electron chi connectivity index (χ4n) is 3.45. The summed E-state index contributed by atoms with van der Waals surface area (Å²) >= 11 is 0. The summed E-state index contributed by atoms with van der Waals surface area (Å²) < 4.78 is 0. The van der Waals surface area contributed by atoms with Crippen LogP contribution in [0, 0.1) is 0 Å². The molecule has 0 saturated heterocycles. The number of aryl methyl sites for hydroxylation is 1. The van der Waals surface area contributed by atoms with Gasteiger partial charge in [0.2, 0.25) is 0 Å². The molecule has 1 atom stereocenters. The van der Waals surface area contributed by atoms with Crippen molar-refractivity contribution in [1.29, 1.82) is 0 Å². The van der Waals surface area contributed by atoms with Gasteiger partial charge in [-0.15, -0.1) is 0 Å². The molecule has 2 aliphatic rings.